The van der Waals surface area contributed by atoms with Crippen molar-refractivity contribution in [3.8, 4) is 11.5 Å². The minimum Gasteiger partial charge on any atom is -0.454 e. The maximum Gasteiger partial charge on any atom is 0.242 e. The third kappa shape index (κ3) is 4.42. The number of carbonyl (C=O) groups excluding carboxylic acids is 1. The normalized spacial score (nSPS) is 28.8. The topological polar surface area (TPSA) is 111 Å². The molecule has 0 aliphatic carbocycles. The maximum absolute atomic E-state index is 12.8. The van der Waals surface area contributed by atoms with Crippen molar-refractivity contribution in [3.63, 3.8) is 0 Å². The predicted molar refractivity (Wildman–Crippen MR) is 127 cm³/mol. The van der Waals surface area contributed by atoms with E-state index in [1.807, 2.05) is 18.2 Å². The number of fused-ring (bicyclic) bond motifs is 2. The van der Waals surface area contributed by atoms with Crippen LogP contribution in [-0.2, 0) is 11.3 Å². The number of ether oxygens (including phenoxy) is 2. The summed E-state index contributed by atoms with van der Waals surface area (Å²) in [6, 6.07) is 14.5. The third-order valence-corrected chi connectivity index (χ3v) is 6.98. The molecule has 10 heteroatoms. The summed E-state index contributed by atoms with van der Waals surface area (Å²) < 4.78 is 11.0. The number of piperazine rings is 1. The Labute approximate surface area is 198 Å². The molecule has 1 amide bonds. The van der Waals surface area contributed by atoms with Crippen LogP contribution in [0.15, 0.2) is 42.5 Å². The van der Waals surface area contributed by atoms with Gasteiger partial charge in [0, 0.05) is 51.0 Å². The standard InChI is InChI=1S/C24H31N7O3/c32-24-21-18(12-26-30-24)28-22(16-3-6-19-20(11-16)34-14-33-19)29-23(21)27-17-4-1-15(2-5-17)13-31-9-7-25-8-10-31/h1-6,11,18,21-23,25-29H,7-10,12-14H2,(H,30,32). The lowest BCUT2D eigenvalue weighted by Gasteiger charge is -2.46. The van der Waals surface area contributed by atoms with Crippen LogP contribution in [0.25, 0.3) is 0 Å². The second-order valence-corrected chi connectivity index (χ2v) is 9.23. The van der Waals surface area contributed by atoms with Crippen LogP contribution in [0.5, 0.6) is 11.5 Å². The monoisotopic (exact) mass is 465 g/mol. The Morgan fingerprint density at radius 2 is 1.82 bits per heavy atom. The van der Waals surface area contributed by atoms with Crippen molar-refractivity contribution in [1.82, 2.24) is 31.7 Å². The van der Waals surface area contributed by atoms with E-state index in [0.717, 1.165) is 55.5 Å². The number of hydrogen-bond acceptors (Lipinski definition) is 9. The van der Waals surface area contributed by atoms with Crippen LogP contribution in [0.2, 0.25) is 0 Å². The molecule has 4 atom stereocenters. The molecule has 6 rings (SSSR count). The molecule has 10 nitrogen and oxygen atoms in total. The molecule has 3 saturated heterocycles. The van der Waals surface area contributed by atoms with Crippen LogP contribution in [0.3, 0.4) is 0 Å². The molecule has 3 fully saturated rings. The lowest BCUT2D eigenvalue weighted by molar-refractivity contribution is -0.131. The second kappa shape index (κ2) is 9.40. The van der Waals surface area contributed by atoms with E-state index in [1.165, 1.54) is 5.56 Å². The van der Waals surface area contributed by atoms with Gasteiger partial charge in [0.2, 0.25) is 12.7 Å². The van der Waals surface area contributed by atoms with Crippen molar-refractivity contribution in [3.05, 3.63) is 53.6 Å². The van der Waals surface area contributed by atoms with E-state index in [2.05, 4.69) is 61.3 Å². The Kier molecular flexibility index (Phi) is 5.98. The van der Waals surface area contributed by atoms with E-state index in [4.69, 9.17) is 9.47 Å². The number of amides is 1. The highest BCUT2D eigenvalue weighted by Crippen LogP contribution is 2.35. The molecule has 4 aliphatic heterocycles. The Hall–Kier alpha value is -2.89. The number of nitrogens with zero attached hydrogens (tertiary/aromatic N) is 1. The lowest BCUT2D eigenvalue weighted by Crippen LogP contribution is -2.71. The van der Waals surface area contributed by atoms with Gasteiger partial charge < -0.3 is 20.1 Å². The van der Waals surface area contributed by atoms with Crippen molar-refractivity contribution in [2.24, 2.45) is 5.92 Å². The van der Waals surface area contributed by atoms with Gasteiger partial charge in [-0.05, 0) is 35.4 Å². The van der Waals surface area contributed by atoms with Gasteiger partial charge >= 0.3 is 0 Å². The Balaban J connectivity index is 1.18. The Morgan fingerprint density at radius 3 is 2.68 bits per heavy atom. The van der Waals surface area contributed by atoms with Crippen LogP contribution in [-0.4, -0.2) is 62.5 Å². The van der Waals surface area contributed by atoms with Crippen molar-refractivity contribution in [2.75, 3.05) is 44.8 Å². The number of hydrogen-bond donors (Lipinski definition) is 6. The van der Waals surface area contributed by atoms with Crippen LogP contribution < -0.4 is 41.6 Å². The van der Waals surface area contributed by atoms with E-state index in [1.54, 1.807) is 0 Å². The van der Waals surface area contributed by atoms with E-state index in [0.29, 0.717) is 6.54 Å². The molecular formula is C24H31N7O3. The first-order valence-electron chi connectivity index (χ1n) is 12.0. The van der Waals surface area contributed by atoms with Gasteiger partial charge in [0.25, 0.3) is 0 Å². The number of carbonyl (C=O) groups is 1. The number of benzene rings is 2. The Morgan fingerprint density at radius 1 is 1.00 bits per heavy atom. The minimum absolute atomic E-state index is 0.0325. The lowest BCUT2D eigenvalue weighted by atomic mass is 9.89. The highest BCUT2D eigenvalue weighted by Gasteiger charge is 2.44. The van der Waals surface area contributed by atoms with Crippen LogP contribution in [0, 0.1) is 5.92 Å². The maximum atomic E-state index is 12.8. The summed E-state index contributed by atoms with van der Waals surface area (Å²) in [5, 5.41) is 14.1. The fraction of sp³-hybridized carbons (Fsp3) is 0.458. The molecule has 0 spiro atoms. The highest BCUT2D eigenvalue weighted by molar-refractivity contribution is 5.81. The largest absolute Gasteiger partial charge is 0.454 e. The number of hydrazine groups is 1. The van der Waals surface area contributed by atoms with E-state index in [-0.39, 0.29) is 37.0 Å². The van der Waals surface area contributed by atoms with Crippen LogP contribution in [0.4, 0.5) is 5.69 Å². The SMILES string of the molecule is O=C1NNCC2NC(c3ccc4c(c3)OCO4)NC(Nc3ccc(CN4CCNCC4)cc3)C12. The van der Waals surface area contributed by atoms with Crippen LogP contribution >= 0.6 is 0 Å². The molecular weight excluding hydrogens is 434 g/mol. The van der Waals surface area contributed by atoms with Crippen molar-refractivity contribution in [2.45, 2.75) is 24.9 Å². The molecule has 0 bridgehead atoms. The first-order chi connectivity index (χ1) is 16.7. The smallest absolute Gasteiger partial charge is 0.242 e. The summed E-state index contributed by atoms with van der Waals surface area (Å²) in [5.74, 6) is 1.19. The molecule has 2 aromatic rings. The van der Waals surface area contributed by atoms with Gasteiger partial charge in [-0.15, -0.1) is 0 Å². The average Bonchev–Trinajstić information content (AvgIpc) is 3.34. The minimum atomic E-state index is -0.271. The number of anilines is 1. The number of rotatable bonds is 5. The molecule has 34 heavy (non-hydrogen) atoms. The van der Waals surface area contributed by atoms with Crippen molar-refractivity contribution in [1.29, 1.82) is 0 Å². The molecule has 2 aromatic carbocycles. The first-order valence-corrected chi connectivity index (χ1v) is 12.0. The predicted octanol–water partition coefficient (Wildman–Crippen LogP) is 0.0693. The van der Waals surface area contributed by atoms with Crippen LogP contribution in [0.1, 0.15) is 17.3 Å². The van der Waals surface area contributed by atoms with E-state index in [9.17, 15) is 4.79 Å². The van der Waals surface area contributed by atoms with Gasteiger partial charge in [0.1, 0.15) is 0 Å². The van der Waals surface area contributed by atoms with Gasteiger partial charge in [0.15, 0.2) is 11.5 Å². The summed E-state index contributed by atoms with van der Waals surface area (Å²) >= 11 is 0. The Bertz CT molecular complexity index is 1030. The van der Waals surface area contributed by atoms with Gasteiger partial charge in [-0.2, -0.15) is 0 Å². The fourth-order valence-electron chi connectivity index (χ4n) is 5.16. The van der Waals surface area contributed by atoms with E-state index < -0.39 is 0 Å². The quantitative estimate of drug-likeness (QED) is 0.365. The first kappa shape index (κ1) is 21.6. The zero-order valence-electron chi connectivity index (χ0n) is 19.0. The zero-order valence-corrected chi connectivity index (χ0v) is 19.0. The third-order valence-electron chi connectivity index (χ3n) is 6.98. The van der Waals surface area contributed by atoms with Crippen molar-refractivity contribution < 1.29 is 14.3 Å². The van der Waals surface area contributed by atoms with Gasteiger partial charge in [0.05, 0.1) is 18.2 Å². The molecule has 4 aliphatic rings. The molecule has 180 valence electrons. The van der Waals surface area contributed by atoms with Gasteiger partial charge in [-0.1, -0.05) is 18.2 Å². The summed E-state index contributed by atoms with van der Waals surface area (Å²) in [4.78, 5) is 15.2. The molecule has 0 aromatic heterocycles. The van der Waals surface area contributed by atoms with Gasteiger partial charge in [-0.25, -0.2) is 5.43 Å². The highest BCUT2D eigenvalue weighted by atomic mass is 16.7. The molecule has 4 heterocycles. The average molecular weight is 466 g/mol. The van der Waals surface area contributed by atoms with Crippen molar-refractivity contribution >= 4 is 11.6 Å². The molecule has 0 saturated carbocycles. The summed E-state index contributed by atoms with van der Waals surface area (Å²) in [7, 11) is 0. The summed E-state index contributed by atoms with van der Waals surface area (Å²) in [6.45, 7) is 6.09. The molecule has 0 radical (unpaired) electrons. The fourth-order valence-corrected chi connectivity index (χ4v) is 5.16. The second-order valence-electron chi connectivity index (χ2n) is 9.23. The summed E-state index contributed by atoms with van der Waals surface area (Å²) in [6.07, 6.45) is -0.393. The molecule has 6 N–H and O–H groups in total. The number of nitrogens with one attached hydrogen (secondary N) is 6. The van der Waals surface area contributed by atoms with Gasteiger partial charge in [-0.3, -0.25) is 25.8 Å². The zero-order chi connectivity index (χ0) is 22.9. The van der Waals surface area contributed by atoms with E-state index >= 15 is 0 Å². The molecule has 4 unspecified atom stereocenters. The summed E-state index contributed by atoms with van der Waals surface area (Å²) in [5.41, 5.74) is 9.10.